The van der Waals surface area contributed by atoms with Gasteiger partial charge in [0.2, 0.25) is 0 Å². The summed E-state index contributed by atoms with van der Waals surface area (Å²) in [6, 6.07) is 17.4. The van der Waals surface area contributed by atoms with Crippen LogP contribution in [0.4, 0.5) is 4.79 Å². The van der Waals surface area contributed by atoms with Crippen molar-refractivity contribution in [3.8, 4) is 11.5 Å². The molecule has 0 fully saturated rings. The number of carbonyl (C=O) groups excluding carboxylic acids is 1. The van der Waals surface area contributed by atoms with Crippen molar-refractivity contribution >= 4 is 6.09 Å². The minimum atomic E-state index is -0.511. The molecule has 0 radical (unpaired) electrons. The molecular weight excluding hydrogens is 370 g/mol. The van der Waals surface area contributed by atoms with E-state index in [2.05, 4.69) is 0 Å². The van der Waals surface area contributed by atoms with Gasteiger partial charge in [-0.3, -0.25) is 0 Å². The van der Waals surface area contributed by atoms with E-state index < -0.39 is 5.60 Å². The molecule has 0 aliphatic heterocycles. The average molecular weight is 402 g/mol. The molecule has 0 bridgehead atoms. The van der Waals surface area contributed by atoms with E-state index in [0.29, 0.717) is 44.5 Å². The van der Waals surface area contributed by atoms with Gasteiger partial charge in [0.25, 0.3) is 0 Å². The molecule has 6 heteroatoms. The highest BCUT2D eigenvalue weighted by Crippen LogP contribution is 2.19. The average Bonchev–Trinajstić information content (AvgIpc) is 2.67. The maximum Gasteiger partial charge on any atom is 0.410 e. The second-order valence-corrected chi connectivity index (χ2v) is 7.61. The number of amides is 1. The van der Waals surface area contributed by atoms with E-state index >= 15 is 0 Å². The van der Waals surface area contributed by atoms with Crippen LogP contribution in [0.1, 0.15) is 26.3 Å². The minimum Gasteiger partial charge on any atom is -0.492 e. The van der Waals surface area contributed by atoms with Gasteiger partial charge in [-0.05, 0) is 38.5 Å². The van der Waals surface area contributed by atoms with Crippen molar-refractivity contribution in [3.63, 3.8) is 0 Å². The number of carbonyl (C=O) groups is 1. The molecule has 0 N–H and O–H groups in total. The van der Waals surface area contributed by atoms with Gasteiger partial charge in [0.05, 0.1) is 19.8 Å². The molecule has 2 rings (SSSR count). The maximum absolute atomic E-state index is 11.9. The summed E-state index contributed by atoms with van der Waals surface area (Å²) in [6.45, 7) is 7.83. The van der Waals surface area contributed by atoms with Crippen LogP contribution in [0.25, 0.3) is 0 Å². The normalized spacial score (nSPS) is 11.0. The fraction of sp³-hybridized carbons (Fsp3) is 0.435. The third kappa shape index (κ3) is 9.34. The van der Waals surface area contributed by atoms with Crippen LogP contribution < -0.4 is 9.47 Å². The van der Waals surface area contributed by atoms with Gasteiger partial charge in [-0.25, -0.2) is 4.79 Å². The number of hydrogen-bond acceptors (Lipinski definition) is 5. The molecule has 2 aromatic rings. The van der Waals surface area contributed by atoms with Gasteiger partial charge in [-0.15, -0.1) is 0 Å². The number of likely N-dealkylation sites (N-methyl/N-ethyl adjacent to an activating group) is 1. The Morgan fingerprint density at radius 3 is 2.21 bits per heavy atom. The zero-order valence-corrected chi connectivity index (χ0v) is 17.7. The first kappa shape index (κ1) is 22.6. The van der Waals surface area contributed by atoms with Crippen LogP contribution in [-0.4, -0.2) is 50.0 Å². The molecule has 0 heterocycles. The lowest BCUT2D eigenvalue weighted by Crippen LogP contribution is -2.36. The molecule has 158 valence electrons. The summed E-state index contributed by atoms with van der Waals surface area (Å²) in [4.78, 5) is 13.4. The molecule has 1 amide bonds. The van der Waals surface area contributed by atoms with Crippen LogP contribution in [0.3, 0.4) is 0 Å². The van der Waals surface area contributed by atoms with Crippen molar-refractivity contribution in [1.82, 2.24) is 4.90 Å². The lowest BCUT2D eigenvalue weighted by molar-refractivity contribution is 0.0278. The molecule has 0 atom stereocenters. The van der Waals surface area contributed by atoms with Gasteiger partial charge in [-0.2, -0.15) is 0 Å². The van der Waals surface area contributed by atoms with Crippen LogP contribution in [0.5, 0.6) is 11.5 Å². The Bertz CT molecular complexity index is 742. The summed E-state index contributed by atoms with van der Waals surface area (Å²) >= 11 is 0. The van der Waals surface area contributed by atoms with E-state index in [0.717, 1.165) is 5.56 Å². The van der Waals surface area contributed by atoms with Crippen molar-refractivity contribution in [2.75, 3.05) is 33.4 Å². The highest BCUT2D eigenvalue weighted by Gasteiger charge is 2.19. The predicted octanol–water partition coefficient (Wildman–Crippen LogP) is 4.53. The molecule has 29 heavy (non-hydrogen) atoms. The minimum absolute atomic E-state index is 0.360. The van der Waals surface area contributed by atoms with E-state index in [1.165, 1.54) is 4.90 Å². The van der Waals surface area contributed by atoms with Crippen LogP contribution >= 0.6 is 0 Å². The van der Waals surface area contributed by atoms with E-state index in [9.17, 15) is 4.79 Å². The van der Waals surface area contributed by atoms with Crippen molar-refractivity contribution < 1.29 is 23.7 Å². The summed E-state index contributed by atoms with van der Waals surface area (Å²) in [6.07, 6.45) is -0.367. The Hall–Kier alpha value is -2.73. The monoisotopic (exact) mass is 401 g/mol. The SMILES string of the molecule is CN(CCOc1cccc(OCCOCc2ccccc2)c1)C(=O)OC(C)(C)C. The quantitative estimate of drug-likeness (QED) is 0.548. The molecule has 6 nitrogen and oxygen atoms in total. The number of benzene rings is 2. The molecule has 0 aliphatic carbocycles. The number of rotatable bonds is 10. The molecule has 0 saturated heterocycles. The first-order valence-electron chi connectivity index (χ1n) is 9.75. The van der Waals surface area contributed by atoms with Gasteiger partial charge >= 0.3 is 6.09 Å². The van der Waals surface area contributed by atoms with Gasteiger partial charge in [0, 0.05) is 13.1 Å². The van der Waals surface area contributed by atoms with Crippen molar-refractivity contribution in [3.05, 3.63) is 60.2 Å². The summed E-state index contributed by atoms with van der Waals surface area (Å²) in [5, 5.41) is 0. The number of ether oxygens (including phenoxy) is 4. The smallest absolute Gasteiger partial charge is 0.410 e. The van der Waals surface area contributed by atoms with Crippen LogP contribution in [-0.2, 0) is 16.1 Å². The molecule has 0 aromatic heterocycles. The molecule has 0 spiro atoms. The lowest BCUT2D eigenvalue weighted by atomic mass is 10.2. The van der Waals surface area contributed by atoms with E-state index in [-0.39, 0.29) is 6.09 Å². The fourth-order valence-electron chi connectivity index (χ4n) is 2.37. The predicted molar refractivity (Wildman–Crippen MR) is 112 cm³/mol. The highest BCUT2D eigenvalue weighted by atomic mass is 16.6. The molecule has 0 unspecified atom stereocenters. The topological polar surface area (TPSA) is 57.2 Å². The Balaban J connectivity index is 1.66. The third-order valence-corrected chi connectivity index (χ3v) is 3.81. The zero-order chi connectivity index (χ0) is 21.1. The van der Waals surface area contributed by atoms with Crippen molar-refractivity contribution in [1.29, 1.82) is 0 Å². The van der Waals surface area contributed by atoms with E-state index in [4.69, 9.17) is 18.9 Å². The third-order valence-electron chi connectivity index (χ3n) is 3.81. The maximum atomic E-state index is 11.9. The Morgan fingerprint density at radius 2 is 1.55 bits per heavy atom. The molecule has 2 aromatic carbocycles. The summed E-state index contributed by atoms with van der Waals surface area (Å²) in [5.41, 5.74) is 0.627. The first-order chi connectivity index (χ1) is 13.8. The van der Waals surface area contributed by atoms with Gasteiger partial charge in [-0.1, -0.05) is 36.4 Å². The standard InChI is InChI=1S/C23H31NO5/c1-23(2,3)29-22(25)24(4)13-14-27-20-11-8-12-21(17-20)28-16-15-26-18-19-9-6-5-7-10-19/h5-12,17H,13-16,18H2,1-4H3. The lowest BCUT2D eigenvalue weighted by Gasteiger charge is -2.24. The molecule has 0 saturated carbocycles. The van der Waals surface area contributed by atoms with Crippen molar-refractivity contribution in [2.45, 2.75) is 33.0 Å². The second kappa shape index (κ2) is 11.3. The van der Waals surface area contributed by atoms with Crippen LogP contribution in [0.15, 0.2) is 54.6 Å². The highest BCUT2D eigenvalue weighted by molar-refractivity contribution is 5.67. The first-order valence-corrected chi connectivity index (χ1v) is 9.75. The van der Waals surface area contributed by atoms with Crippen molar-refractivity contribution in [2.24, 2.45) is 0 Å². The Kier molecular flexibility index (Phi) is 8.80. The fourth-order valence-corrected chi connectivity index (χ4v) is 2.37. The summed E-state index contributed by atoms with van der Waals surface area (Å²) in [5.74, 6) is 1.40. The number of hydrogen-bond donors (Lipinski definition) is 0. The Labute approximate surface area is 173 Å². The zero-order valence-electron chi connectivity index (χ0n) is 17.7. The summed E-state index contributed by atoms with van der Waals surface area (Å²) < 4.78 is 22.4. The van der Waals surface area contributed by atoms with E-state index in [1.807, 2.05) is 75.4 Å². The van der Waals surface area contributed by atoms with Gasteiger partial charge in [0.1, 0.15) is 30.3 Å². The second-order valence-electron chi connectivity index (χ2n) is 7.61. The van der Waals surface area contributed by atoms with Gasteiger partial charge < -0.3 is 23.8 Å². The van der Waals surface area contributed by atoms with Crippen LogP contribution in [0, 0.1) is 0 Å². The number of nitrogens with zero attached hydrogens (tertiary/aromatic N) is 1. The van der Waals surface area contributed by atoms with Crippen LogP contribution in [0.2, 0.25) is 0 Å². The molecule has 0 aliphatic rings. The van der Waals surface area contributed by atoms with E-state index in [1.54, 1.807) is 7.05 Å². The van der Waals surface area contributed by atoms with Gasteiger partial charge in [0.15, 0.2) is 0 Å². The Morgan fingerprint density at radius 1 is 0.897 bits per heavy atom. The molecular formula is C23H31NO5. The largest absolute Gasteiger partial charge is 0.492 e. The summed E-state index contributed by atoms with van der Waals surface area (Å²) in [7, 11) is 1.69.